The molecule has 0 aliphatic rings. The van der Waals surface area contributed by atoms with Gasteiger partial charge in [0.05, 0.1) is 17.4 Å². The number of para-hydroxylation sites is 2. The fourth-order valence-corrected chi connectivity index (χ4v) is 3.33. The number of hydrogen-bond acceptors (Lipinski definition) is 2. The maximum absolute atomic E-state index is 5.88. The number of imidazole rings is 1. The Balaban J connectivity index is 1.45. The van der Waals surface area contributed by atoms with Crippen LogP contribution in [0.3, 0.4) is 0 Å². The molecule has 3 aromatic rings. The summed E-state index contributed by atoms with van der Waals surface area (Å²) in [6, 6.07) is 16.3. The van der Waals surface area contributed by atoms with E-state index >= 15 is 0 Å². The fourth-order valence-electron chi connectivity index (χ4n) is 2.29. The number of rotatable bonds is 6. The molecule has 0 bridgehead atoms. The first-order chi connectivity index (χ1) is 10.3. The first kappa shape index (κ1) is 14.5. The molecular formula is C17H17ClN2S. The maximum Gasteiger partial charge on any atom is 0.0958 e. The average Bonchev–Trinajstić information content (AvgIpc) is 2.92. The maximum atomic E-state index is 5.88. The molecule has 4 heteroatoms. The summed E-state index contributed by atoms with van der Waals surface area (Å²) in [5, 5.41) is 0.798. The Morgan fingerprint density at radius 3 is 2.67 bits per heavy atom. The zero-order chi connectivity index (χ0) is 14.5. The van der Waals surface area contributed by atoms with Gasteiger partial charge in [0.2, 0.25) is 0 Å². The topological polar surface area (TPSA) is 17.8 Å². The van der Waals surface area contributed by atoms with E-state index in [1.165, 1.54) is 23.3 Å². The van der Waals surface area contributed by atoms with Crippen LogP contribution < -0.4 is 0 Å². The predicted octanol–water partition coefficient (Wildman–Crippen LogP) is 5.26. The van der Waals surface area contributed by atoms with Crippen LogP contribution in [-0.2, 0) is 6.54 Å². The number of aryl methyl sites for hydroxylation is 1. The van der Waals surface area contributed by atoms with Gasteiger partial charge < -0.3 is 4.57 Å². The lowest BCUT2D eigenvalue weighted by atomic mass is 10.3. The van der Waals surface area contributed by atoms with Crippen LogP contribution in [0.2, 0.25) is 5.02 Å². The van der Waals surface area contributed by atoms with Gasteiger partial charge in [-0.25, -0.2) is 4.98 Å². The summed E-state index contributed by atoms with van der Waals surface area (Å²) < 4.78 is 2.24. The number of thioether (sulfide) groups is 1. The van der Waals surface area contributed by atoms with Gasteiger partial charge in [0.1, 0.15) is 0 Å². The summed E-state index contributed by atoms with van der Waals surface area (Å²) in [6.07, 6.45) is 4.30. The Bertz CT molecular complexity index is 706. The van der Waals surface area contributed by atoms with Crippen molar-refractivity contribution < 1.29 is 0 Å². The van der Waals surface area contributed by atoms with Crippen molar-refractivity contribution in [2.24, 2.45) is 0 Å². The summed E-state index contributed by atoms with van der Waals surface area (Å²) in [5.74, 6) is 1.13. The van der Waals surface area contributed by atoms with Crippen molar-refractivity contribution in [2.45, 2.75) is 24.3 Å². The number of halogens is 1. The minimum Gasteiger partial charge on any atom is -0.331 e. The highest BCUT2D eigenvalue weighted by atomic mass is 35.5. The van der Waals surface area contributed by atoms with E-state index in [0.717, 1.165) is 22.8 Å². The molecule has 0 atom stereocenters. The van der Waals surface area contributed by atoms with Crippen LogP contribution in [0, 0.1) is 0 Å². The molecule has 0 spiro atoms. The quantitative estimate of drug-likeness (QED) is 0.456. The fraction of sp³-hybridized carbons (Fsp3) is 0.235. The van der Waals surface area contributed by atoms with Gasteiger partial charge in [0.15, 0.2) is 0 Å². The molecule has 0 fully saturated rings. The van der Waals surface area contributed by atoms with E-state index in [1.807, 2.05) is 36.3 Å². The van der Waals surface area contributed by atoms with Gasteiger partial charge in [-0.1, -0.05) is 23.7 Å². The molecule has 0 saturated carbocycles. The summed E-state index contributed by atoms with van der Waals surface area (Å²) in [6.45, 7) is 1.03. The Morgan fingerprint density at radius 2 is 1.81 bits per heavy atom. The second-order valence-corrected chi connectivity index (χ2v) is 6.54. The third kappa shape index (κ3) is 3.80. The molecule has 2 nitrogen and oxygen atoms in total. The molecule has 0 radical (unpaired) electrons. The highest BCUT2D eigenvalue weighted by Gasteiger charge is 2.01. The van der Waals surface area contributed by atoms with Gasteiger partial charge in [-0.2, -0.15) is 0 Å². The number of fused-ring (bicyclic) bond motifs is 1. The number of unbranched alkanes of at least 4 members (excludes halogenated alkanes) is 1. The molecular weight excluding hydrogens is 300 g/mol. The van der Waals surface area contributed by atoms with Crippen LogP contribution >= 0.6 is 23.4 Å². The van der Waals surface area contributed by atoms with Crippen LogP contribution in [0.25, 0.3) is 11.0 Å². The second kappa shape index (κ2) is 7.01. The Labute approximate surface area is 134 Å². The van der Waals surface area contributed by atoms with Crippen molar-refractivity contribution >= 4 is 34.4 Å². The molecule has 1 aromatic heterocycles. The highest BCUT2D eigenvalue weighted by Crippen LogP contribution is 2.21. The lowest BCUT2D eigenvalue weighted by Gasteiger charge is -2.05. The molecule has 0 saturated heterocycles. The molecule has 0 aliphatic carbocycles. The minimum atomic E-state index is 0.798. The summed E-state index contributed by atoms with van der Waals surface area (Å²) in [4.78, 5) is 5.70. The molecule has 1 heterocycles. The van der Waals surface area contributed by atoms with Crippen molar-refractivity contribution in [1.29, 1.82) is 0 Å². The van der Waals surface area contributed by atoms with Crippen LogP contribution in [0.1, 0.15) is 12.8 Å². The summed E-state index contributed by atoms with van der Waals surface area (Å²) in [7, 11) is 0. The van der Waals surface area contributed by atoms with Gasteiger partial charge in [-0.15, -0.1) is 11.8 Å². The van der Waals surface area contributed by atoms with Crippen LogP contribution in [-0.4, -0.2) is 15.3 Å². The smallest absolute Gasteiger partial charge is 0.0958 e. The van der Waals surface area contributed by atoms with Crippen molar-refractivity contribution in [3.05, 3.63) is 59.9 Å². The molecule has 0 N–H and O–H groups in total. The van der Waals surface area contributed by atoms with Gasteiger partial charge in [-0.05, 0) is 55.0 Å². The van der Waals surface area contributed by atoms with Crippen molar-refractivity contribution in [1.82, 2.24) is 9.55 Å². The van der Waals surface area contributed by atoms with E-state index in [1.54, 1.807) is 0 Å². The van der Waals surface area contributed by atoms with E-state index in [9.17, 15) is 0 Å². The normalized spacial score (nSPS) is 11.1. The summed E-state index contributed by atoms with van der Waals surface area (Å²) >= 11 is 7.77. The predicted molar refractivity (Wildman–Crippen MR) is 91.1 cm³/mol. The lowest BCUT2D eigenvalue weighted by Crippen LogP contribution is -1.96. The Hall–Kier alpha value is -1.45. The highest BCUT2D eigenvalue weighted by molar-refractivity contribution is 7.99. The van der Waals surface area contributed by atoms with Gasteiger partial charge >= 0.3 is 0 Å². The molecule has 108 valence electrons. The molecule has 0 unspecified atom stereocenters. The largest absolute Gasteiger partial charge is 0.331 e. The van der Waals surface area contributed by atoms with Crippen LogP contribution in [0.5, 0.6) is 0 Å². The van der Waals surface area contributed by atoms with E-state index in [2.05, 4.69) is 39.9 Å². The van der Waals surface area contributed by atoms with Crippen molar-refractivity contribution in [2.75, 3.05) is 5.75 Å². The van der Waals surface area contributed by atoms with E-state index < -0.39 is 0 Å². The van der Waals surface area contributed by atoms with Crippen LogP contribution in [0.4, 0.5) is 0 Å². The molecule has 3 rings (SSSR count). The van der Waals surface area contributed by atoms with Gasteiger partial charge in [0.25, 0.3) is 0 Å². The zero-order valence-electron chi connectivity index (χ0n) is 11.7. The SMILES string of the molecule is Clc1ccc(SCCCCn2cnc3ccccc32)cc1. The second-order valence-electron chi connectivity index (χ2n) is 4.94. The van der Waals surface area contributed by atoms with E-state index in [4.69, 9.17) is 11.6 Å². The minimum absolute atomic E-state index is 0.798. The van der Waals surface area contributed by atoms with Gasteiger partial charge in [0, 0.05) is 16.5 Å². The number of benzene rings is 2. The number of aromatic nitrogens is 2. The molecule has 0 aliphatic heterocycles. The van der Waals surface area contributed by atoms with Crippen molar-refractivity contribution in [3.8, 4) is 0 Å². The third-order valence-corrected chi connectivity index (χ3v) is 4.75. The monoisotopic (exact) mass is 316 g/mol. The number of nitrogens with zero attached hydrogens (tertiary/aromatic N) is 2. The van der Waals surface area contributed by atoms with Crippen LogP contribution in [0.15, 0.2) is 59.8 Å². The molecule has 2 aromatic carbocycles. The average molecular weight is 317 g/mol. The number of hydrogen-bond donors (Lipinski definition) is 0. The Morgan fingerprint density at radius 1 is 1.00 bits per heavy atom. The Kier molecular flexibility index (Phi) is 4.84. The van der Waals surface area contributed by atoms with Gasteiger partial charge in [-0.3, -0.25) is 0 Å². The zero-order valence-corrected chi connectivity index (χ0v) is 13.3. The lowest BCUT2D eigenvalue weighted by molar-refractivity contribution is 0.649. The molecule has 0 amide bonds. The first-order valence-corrected chi connectivity index (χ1v) is 8.47. The summed E-state index contributed by atoms with van der Waals surface area (Å²) in [5.41, 5.74) is 2.30. The third-order valence-electron chi connectivity index (χ3n) is 3.40. The molecule has 21 heavy (non-hydrogen) atoms. The first-order valence-electron chi connectivity index (χ1n) is 7.11. The van der Waals surface area contributed by atoms with Crippen molar-refractivity contribution in [3.63, 3.8) is 0 Å². The standard InChI is InChI=1S/C17H17ClN2S/c18-14-7-9-15(10-8-14)21-12-4-3-11-20-13-19-16-5-1-2-6-17(16)20/h1-2,5-10,13H,3-4,11-12H2. The van der Waals surface area contributed by atoms with E-state index in [0.29, 0.717) is 0 Å². The van der Waals surface area contributed by atoms with E-state index in [-0.39, 0.29) is 0 Å².